The summed E-state index contributed by atoms with van der Waals surface area (Å²) in [4.78, 5) is 23.2. The molecule has 2 aromatic rings. The Labute approximate surface area is 128 Å². The van der Waals surface area contributed by atoms with Gasteiger partial charge >= 0.3 is 0 Å². The van der Waals surface area contributed by atoms with E-state index in [9.17, 15) is 4.79 Å². The van der Waals surface area contributed by atoms with Gasteiger partial charge in [0, 0.05) is 24.0 Å². The third kappa shape index (κ3) is 4.41. The van der Waals surface area contributed by atoms with Crippen LogP contribution in [-0.4, -0.2) is 22.0 Å². The van der Waals surface area contributed by atoms with Crippen LogP contribution in [0.15, 0.2) is 39.4 Å². The molecule has 0 saturated carbocycles. The van der Waals surface area contributed by atoms with Crippen LogP contribution in [-0.2, 0) is 6.42 Å². The highest BCUT2D eigenvalue weighted by atomic mass is 32.2. The molecule has 0 fully saturated rings. The van der Waals surface area contributed by atoms with E-state index >= 15 is 0 Å². The SMILES string of the molecule is CCCc1cc(=O)[nH]c(Sc2cc(C(C)NC)ccn2)n1. The molecule has 0 amide bonds. The Morgan fingerprint density at radius 2 is 2.24 bits per heavy atom. The smallest absolute Gasteiger partial charge is 0.251 e. The largest absolute Gasteiger partial charge is 0.313 e. The average Bonchev–Trinajstić information content (AvgIpc) is 2.46. The van der Waals surface area contributed by atoms with E-state index < -0.39 is 0 Å². The van der Waals surface area contributed by atoms with Gasteiger partial charge in [0.25, 0.3) is 5.56 Å². The molecule has 6 heteroatoms. The highest BCUT2D eigenvalue weighted by Crippen LogP contribution is 2.24. The van der Waals surface area contributed by atoms with Gasteiger partial charge in [0.1, 0.15) is 5.03 Å². The number of aromatic amines is 1. The predicted octanol–water partition coefficient (Wildman–Crippen LogP) is 2.55. The van der Waals surface area contributed by atoms with Crippen LogP contribution in [0.1, 0.15) is 37.6 Å². The maximum absolute atomic E-state index is 11.7. The molecule has 5 nitrogen and oxygen atoms in total. The van der Waals surface area contributed by atoms with Crippen molar-refractivity contribution in [1.82, 2.24) is 20.3 Å². The summed E-state index contributed by atoms with van der Waals surface area (Å²) in [6.07, 6.45) is 3.55. The van der Waals surface area contributed by atoms with Crippen molar-refractivity contribution in [1.29, 1.82) is 0 Å². The van der Waals surface area contributed by atoms with Crippen molar-refractivity contribution in [3.8, 4) is 0 Å². The predicted molar refractivity (Wildman–Crippen MR) is 84.7 cm³/mol. The minimum Gasteiger partial charge on any atom is -0.313 e. The second-order valence-corrected chi connectivity index (χ2v) is 5.84. The molecule has 0 aliphatic carbocycles. The van der Waals surface area contributed by atoms with E-state index in [1.807, 2.05) is 19.2 Å². The van der Waals surface area contributed by atoms with E-state index in [1.54, 1.807) is 12.3 Å². The number of pyridine rings is 1. The summed E-state index contributed by atoms with van der Waals surface area (Å²) in [5.74, 6) is 0. The van der Waals surface area contributed by atoms with E-state index in [0.29, 0.717) is 5.16 Å². The van der Waals surface area contributed by atoms with Crippen molar-refractivity contribution in [2.75, 3.05) is 7.05 Å². The molecule has 2 rings (SSSR count). The zero-order chi connectivity index (χ0) is 15.2. The van der Waals surface area contributed by atoms with Crippen molar-refractivity contribution in [2.24, 2.45) is 0 Å². The van der Waals surface area contributed by atoms with Crippen molar-refractivity contribution in [2.45, 2.75) is 42.9 Å². The first-order valence-corrected chi connectivity index (χ1v) is 7.85. The fourth-order valence-electron chi connectivity index (χ4n) is 1.93. The lowest BCUT2D eigenvalue weighted by Gasteiger charge is -2.11. The van der Waals surface area contributed by atoms with Crippen LogP contribution >= 0.6 is 11.8 Å². The van der Waals surface area contributed by atoms with Gasteiger partial charge < -0.3 is 10.3 Å². The fraction of sp³-hybridized carbons (Fsp3) is 0.400. The van der Waals surface area contributed by atoms with Crippen molar-refractivity contribution in [3.63, 3.8) is 0 Å². The Morgan fingerprint density at radius 3 is 2.95 bits per heavy atom. The average molecular weight is 304 g/mol. The van der Waals surface area contributed by atoms with Crippen LogP contribution in [0.2, 0.25) is 0 Å². The van der Waals surface area contributed by atoms with Crippen molar-refractivity contribution >= 4 is 11.8 Å². The van der Waals surface area contributed by atoms with E-state index in [-0.39, 0.29) is 11.6 Å². The van der Waals surface area contributed by atoms with E-state index in [2.05, 4.69) is 34.1 Å². The highest BCUT2D eigenvalue weighted by Gasteiger charge is 2.07. The van der Waals surface area contributed by atoms with Gasteiger partial charge in [0.2, 0.25) is 0 Å². The molecule has 1 unspecified atom stereocenters. The summed E-state index contributed by atoms with van der Waals surface area (Å²) in [7, 11) is 1.92. The Morgan fingerprint density at radius 1 is 1.43 bits per heavy atom. The second-order valence-electron chi connectivity index (χ2n) is 4.83. The molecule has 112 valence electrons. The first kappa shape index (κ1) is 15.7. The lowest BCUT2D eigenvalue weighted by Crippen LogP contribution is -2.12. The number of nitrogens with one attached hydrogen (secondary N) is 2. The van der Waals surface area contributed by atoms with Crippen molar-refractivity contribution in [3.05, 3.63) is 46.0 Å². The molecule has 2 N–H and O–H groups in total. The van der Waals surface area contributed by atoms with Gasteiger partial charge in [-0.1, -0.05) is 13.3 Å². The maximum Gasteiger partial charge on any atom is 0.251 e. The zero-order valence-electron chi connectivity index (χ0n) is 12.5. The second kappa shape index (κ2) is 7.38. The van der Waals surface area contributed by atoms with Crippen LogP contribution in [0.25, 0.3) is 0 Å². The number of hydrogen-bond donors (Lipinski definition) is 2. The number of nitrogens with zero attached hydrogens (tertiary/aromatic N) is 2. The Bertz CT molecular complexity index is 656. The molecule has 21 heavy (non-hydrogen) atoms. The van der Waals surface area contributed by atoms with E-state index in [4.69, 9.17) is 0 Å². The summed E-state index contributed by atoms with van der Waals surface area (Å²) in [5, 5.41) is 4.61. The first-order chi connectivity index (χ1) is 10.1. The van der Waals surface area contributed by atoms with Gasteiger partial charge in [-0.2, -0.15) is 0 Å². The molecular weight excluding hydrogens is 284 g/mol. The Kier molecular flexibility index (Phi) is 5.52. The van der Waals surface area contributed by atoms with Gasteiger partial charge in [-0.25, -0.2) is 9.97 Å². The van der Waals surface area contributed by atoms with Gasteiger partial charge in [-0.3, -0.25) is 4.79 Å². The van der Waals surface area contributed by atoms with E-state index in [0.717, 1.165) is 29.1 Å². The molecule has 0 aromatic carbocycles. The molecule has 0 spiro atoms. The number of hydrogen-bond acceptors (Lipinski definition) is 5. The number of H-pyrrole nitrogens is 1. The number of rotatable bonds is 6. The lowest BCUT2D eigenvalue weighted by molar-refractivity contribution is 0.649. The summed E-state index contributed by atoms with van der Waals surface area (Å²) >= 11 is 1.38. The molecule has 2 heterocycles. The van der Waals surface area contributed by atoms with Crippen LogP contribution in [0, 0.1) is 0 Å². The van der Waals surface area contributed by atoms with Crippen LogP contribution < -0.4 is 10.9 Å². The molecule has 0 bridgehead atoms. The topological polar surface area (TPSA) is 70.7 Å². The Balaban J connectivity index is 2.23. The van der Waals surface area contributed by atoms with Crippen LogP contribution in [0.4, 0.5) is 0 Å². The van der Waals surface area contributed by atoms with Gasteiger partial charge in [0.05, 0.1) is 0 Å². The van der Waals surface area contributed by atoms with Gasteiger partial charge in [-0.05, 0) is 49.9 Å². The fourth-order valence-corrected chi connectivity index (χ4v) is 2.75. The van der Waals surface area contributed by atoms with E-state index in [1.165, 1.54) is 11.8 Å². The summed E-state index contributed by atoms with van der Waals surface area (Å²) in [6.45, 7) is 4.16. The van der Waals surface area contributed by atoms with Crippen molar-refractivity contribution < 1.29 is 0 Å². The highest BCUT2D eigenvalue weighted by molar-refractivity contribution is 7.99. The van der Waals surface area contributed by atoms with Crippen LogP contribution in [0.5, 0.6) is 0 Å². The maximum atomic E-state index is 11.7. The third-order valence-electron chi connectivity index (χ3n) is 3.17. The molecule has 0 saturated heterocycles. The van der Waals surface area contributed by atoms with Gasteiger partial charge in [-0.15, -0.1) is 0 Å². The molecular formula is C15H20N4OS. The molecule has 0 aliphatic rings. The van der Waals surface area contributed by atoms with Gasteiger partial charge in [0.15, 0.2) is 5.16 Å². The lowest BCUT2D eigenvalue weighted by atomic mass is 10.1. The molecule has 0 aliphatic heterocycles. The first-order valence-electron chi connectivity index (χ1n) is 7.03. The Hall–Kier alpha value is -1.66. The number of aromatic nitrogens is 3. The minimum atomic E-state index is -0.115. The summed E-state index contributed by atoms with van der Waals surface area (Å²) < 4.78 is 0. The third-order valence-corrected chi connectivity index (χ3v) is 3.99. The monoisotopic (exact) mass is 304 g/mol. The summed E-state index contributed by atoms with van der Waals surface area (Å²) in [6, 6.07) is 5.80. The standard InChI is InChI=1S/C15H20N4OS/c1-4-5-12-9-13(20)19-15(18-12)21-14-8-11(6-7-17-14)10(2)16-3/h6-10,16H,4-5H2,1-3H3,(H,18,19,20). The van der Waals surface area contributed by atoms with Crippen LogP contribution in [0.3, 0.4) is 0 Å². The normalized spacial score (nSPS) is 12.3. The molecule has 1 atom stereocenters. The molecule has 0 radical (unpaired) electrons. The summed E-state index contributed by atoms with van der Waals surface area (Å²) in [5.41, 5.74) is 1.86. The number of aryl methyl sites for hydroxylation is 1. The molecule has 2 aromatic heterocycles. The minimum absolute atomic E-state index is 0.115. The zero-order valence-corrected chi connectivity index (χ0v) is 13.3. The quantitative estimate of drug-likeness (QED) is 0.803.